The maximum atomic E-state index is 12.5. The topological polar surface area (TPSA) is 67.2 Å². The Morgan fingerprint density at radius 2 is 1.84 bits per heavy atom. The fraction of sp³-hybridized carbons (Fsp3) is 0.0870. The van der Waals surface area contributed by atoms with E-state index in [1.54, 1.807) is 12.1 Å². The highest BCUT2D eigenvalue weighted by Crippen LogP contribution is 2.28. The molecule has 1 amide bonds. The minimum Gasteiger partial charge on any atom is -0.436 e. The van der Waals surface area contributed by atoms with Crippen LogP contribution in [0.2, 0.25) is 10.0 Å². The molecule has 0 aliphatic carbocycles. The highest BCUT2D eigenvalue weighted by atomic mass is 35.5. The molecule has 0 spiro atoms. The lowest BCUT2D eigenvalue weighted by Gasteiger charge is -2.13. The van der Waals surface area contributed by atoms with Crippen molar-refractivity contribution in [2.45, 2.75) is 13.8 Å². The number of hydrogen-bond donors (Lipinski definition) is 2. The van der Waals surface area contributed by atoms with Crippen molar-refractivity contribution < 1.29 is 9.21 Å². The Morgan fingerprint density at radius 1 is 1.03 bits per heavy atom. The van der Waals surface area contributed by atoms with E-state index in [0.29, 0.717) is 10.9 Å². The van der Waals surface area contributed by atoms with Crippen LogP contribution in [0.4, 0.5) is 5.69 Å². The lowest BCUT2D eigenvalue weighted by atomic mass is 10.1. The number of anilines is 1. The van der Waals surface area contributed by atoms with Crippen LogP contribution in [0.3, 0.4) is 0 Å². The Kier molecular flexibility index (Phi) is 5.96. The van der Waals surface area contributed by atoms with Gasteiger partial charge in [0, 0.05) is 16.3 Å². The first-order chi connectivity index (χ1) is 14.8. The molecule has 4 aromatic rings. The van der Waals surface area contributed by atoms with Gasteiger partial charge in [-0.3, -0.25) is 10.1 Å². The van der Waals surface area contributed by atoms with Crippen LogP contribution in [0, 0.1) is 13.8 Å². The third-order valence-corrected chi connectivity index (χ3v) is 5.45. The number of fused-ring (bicyclic) bond motifs is 1. The number of carbonyl (C=O) groups excluding carboxylic acids is 1. The Hall–Kier alpha value is -2.93. The normalized spacial score (nSPS) is 10.8. The van der Waals surface area contributed by atoms with Crippen LogP contribution in [0.1, 0.15) is 21.5 Å². The third kappa shape index (κ3) is 4.71. The van der Waals surface area contributed by atoms with E-state index < -0.39 is 5.91 Å². The van der Waals surface area contributed by atoms with Crippen molar-refractivity contribution in [1.82, 2.24) is 10.3 Å². The number of thiocarbonyl (C=S) groups is 1. The highest BCUT2D eigenvalue weighted by Gasteiger charge is 2.14. The number of carbonyl (C=O) groups is 1. The molecule has 0 saturated heterocycles. The first-order valence-corrected chi connectivity index (χ1v) is 10.5. The maximum absolute atomic E-state index is 12.5. The highest BCUT2D eigenvalue weighted by molar-refractivity contribution is 7.80. The quantitative estimate of drug-likeness (QED) is 0.333. The Labute approximate surface area is 194 Å². The summed E-state index contributed by atoms with van der Waals surface area (Å²) in [5.74, 6) is 0.0532. The molecule has 3 aromatic carbocycles. The first-order valence-electron chi connectivity index (χ1n) is 9.36. The van der Waals surface area contributed by atoms with Crippen LogP contribution in [-0.2, 0) is 0 Å². The number of halogens is 2. The molecule has 4 rings (SSSR count). The minimum absolute atomic E-state index is 0.134. The third-order valence-electron chi connectivity index (χ3n) is 4.68. The summed E-state index contributed by atoms with van der Waals surface area (Å²) in [7, 11) is 0. The number of aromatic nitrogens is 1. The zero-order valence-corrected chi connectivity index (χ0v) is 19.0. The second-order valence-electron chi connectivity index (χ2n) is 7.05. The predicted molar refractivity (Wildman–Crippen MR) is 129 cm³/mol. The van der Waals surface area contributed by atoms with Gasteiger partial charge < -0.3 is 9.73 Å². The first kappa shape index (κ1) is 21.3. The molecule has 0 aliphatic heterocycles. The van der Waals surface area contributed by atoms with Gasteiger partial charge in [-0.25, -0.2) is 4.98 Å². The second-order valence-corrected chi connectivity index (χ2v) is 8.30. The zero-order valence-electron chi connectivity index (χ0n) is 16.6. The van der Waals surface area contributed by atoms with Crippen molar-refractivity contribution >= 4 is 63.2 Å². The van der Waals surface area contributed by atoms with Gasteiger partial charge in [0.15, 0.2) is 10.7 Å². The molecule has 156 valence electrons. The van der Waals surface area contributed by atoms with E-state index in [1.165, 1.54) is 6.07 Å². The lowest BCUT2D eigenvalue weighted by Crippen LogP contribution is -2.34. The largest absolute Gasteiger partial charge is 0.436 e. The molecule has 5 nitrogen and oxygen atoms in total. The second kappa shape index (κ2) is 8.67. The average molecular weight is 470 g/mol. The summed E-state index contributed by atoms with van der Waals surface area (Å²) in [6, 6.07) is 16.2. The lowest BCUT2D eigenvalue weighted by molar-refractivity contribution is 0.0978. The van der Waals surface area contributed by atoms with Crippen molar-refractivity contribution in [2.24, 2.45) is 0 Å². The summed E-state index contributed by atoms with van der Waals surface area (Å²) in [6.07, 6.45) is 0. The molecule has 0 aliphatic rings. The van der Waals surface area contributed by atoms with Crippen LogP contribution >= 0.6 is 35.4 Å². The van der Waals surface area contributed by atoms with E-state index in [0.717, 1.165) is 33.5 Å². The summed E-state index contributed by atoms with van der Waals surface area (Å²) >= 11 is 17.4. The molecule has 0 radical (unpaired) electrons. The maximum Gasteiger partial charge on any atom is 0.258 e. The van der Waals surface area contributed by atoms with Gasteiger partial charge in [-0.1, -0.05) is 35.3 Å². The Morgan fingerprint density at radius 3 is 2.65 bits per heavy atom. The van der Waals surface area contributed by atoms with Crippen molar-refractivity contribution in [3.05, 3.63) is 81.3 Å². The molecule has 0 unspecified atom stereocenters. The number of hydrogen-bond acceptors (Lipinski definition) is 4. The monoisotopic (exact) mass is 469 g/mol. The fourth-order valence-corrected chi connectivity index (χ4v) is 3.62. The van der Waals surface area contributed by atoms with Crippen molar-refractivity contribution in [2.75, 3.05) is 5.32 Å². The molecular weight excluding hydrogens is 453 g/mol. The van der Waals surface area contributed by atoms with Crippen LogP contribution in [0.25, 0.3) is 22.6 Å². The Balaban J connectivity index is 1.55. The Bertz CT molecular complexity index is 1330. The van der Waals surface area contributed by atoms with E-state index in [4.69, 9.17) is 39.8 Å². The summed E-state index contributed by atoms with van der Waals surface area (Å²) in [4.78, 5) is 17.1. The average Bonchev–Trinajstić information content (AvgIpc) is 3.14. The molecule has 8 heteroatoms. The van der Waals surface area contributed by atoms with Gasteiger partial charge in [0.2, 0.25) is 5.89 Å². The summed E-state index contributed by atoms with van der Waals surface area (Å²) in [6.45, 7) is 3.93. The predicted octanol–water partition coefficient (Wildman–Crippen LogP) is 6.55. The van der Waals surface area contributed by atoms with E-state index in [2.05, 4.69) is 15.6 Å². The van der Waals surface area contributed by atoms with E-state index in [9.17, 15) is 4.79 Å². The zero-order chi connectivity index (χ0) is 22.1. The number of nitrogens with zero attached hydrogens (tertiary/aromatic N) is 1. The smallest absolute Gasteiger partial charge is 0.258 e. The van der Waals surface area contributed by atoms with Gasteiger partial charge in [-0.2, -0.15) is 0 Å². The molecule has 0 bridgehead atoms. The molecule has 1 heterocycles. The van der Waals surface area contributed by atoms with Crippen LogP contribution in [0.15, 0.2) is 59.0 Å². The molecular formula is C23H17Cl2N3O2S. The van der Waals surface area contributed by atoms with Gasteiger partial charge in [0.05, 0.1) is 10.6 Å². The SMILES string of the molecule is Cc1ccc2nc(-c3ccc(C)c(NC(=S)NC(=O)c4cc(Cl)ccc4Cl)c3)oc2c1. The number of rotatable bonds is 3. The van der Waals surface area contributed by atoms with Crippen molar-refractivity contribution in [1.29, 1.82) is 0 Å². The molecule has 2 N–H and O–H groups in total. The molecule has 0 fully saturated rings. The van der Waals surface area contributed by atoms with Crippen LogP contribution < -0.4 is 10.6 Å². The molecule has 1 aromatic heterocycles. The summed E-state index contributed by atoms with van der Waals surface area (Å²) in [5, 5.41) is 6.51. The van der Waals surface area contributed by atoms with Gasteiger partial charge in [-0.05, 0) is 79.7 Å². The number of amides is 1. The van der Waals surface area contributed by atoms with E-state index in [-0.39, 0.29) is 15.7 Å². The fourth-order valence-electron chi connectivity index (χ4n) is 3.04. The van der Waals surface area contributed by atoms with Gasteiger partial charge in [0.1, 0.15) is 5.52 Å². The summed E-state index contributed by atoms with van der Waals surface area (Å²) in [5.41, 5.74) is 5.30. The summed E-state index contributed by atoms with van der Waals surface area (Å²) < 4.78 is 5.91. The number of benzene rings is 3. The van der Waals surface area contributed by atoms with E-state index in [1.807, 2.05) is 50.2 Å². The number of nitrogens with one attached hydrogen (secondary N) is 2. The van der Waals surface area contributed by atoms with Crippen LogP contribution in [-0.4, -0.2) is 16.0 Å². The van der Waals surface area contributed by atoms with Gasteiger partial charge in [0.25, 0.3) is 5.91 Å². The molecule has 31 heavy (non-hydrogen) atoms. The minimum atomic E-state index is -0.451. The van der Waals surface area contributed by atoms with Crippen molar-refractivity contribution in [3.8, 4) is 11.5 Å². The molecule has 0 atom stereocenters. The van der Waals surface area contributed by atoms with Crippen molar-refractivity contribution in [3.63, 3.8) is 0 Å². The standard InChI is InChI=1S/C23H17Cl2N3O2S/c1-12-3-8-18-20(9-12)30-22(26-18)14-5-4-13(2)19(10-14)27-23(31)28-21(29)16-11-15(24)6-7-17(16)25/h3-11H,1-2H3,(H2,27,28,29,31). The number of oxazole rings is 1. The number of aryl methyl sites for hydroxylation is 2. The van der Waals surface area contributed by atoms with Gasteiger partial charge in [-0.15, -0.1) is 0 Å². The molecule has 0 saturated carbocycles. The van der Waals surface area contributed by atoms with Gasteiger partial charge >= 0.3 is 0 Å². The van der Waals surface area contributed by atoms with E-state index >= 15 is 0 Å². The van der Waals surface area contributed by atoms with Crippen LogP contribution in [0.5, 0.6) is 0 Å².